The topological polar surface area (TPSA) is 39.8 Å². The molecule has 13 heteroatoms. The first kappa shape index (κ1) is 22.4. The van der Waals surface area contributed by atoms with Crippen LogP contribution < -0.4 is 5.46 Å². The summed E-state index contributed by atoms with van der Waals surface area (Å²) in [6.07, 6.45) is -3.84. The molecule has 2 radical (unpaired) electrons. The Morgan fingerprint density at radius 1 is 1.06 bits per heavy atom. The van der Waals surface area contributed by atoms with Crippen molar-refractivity contribution in [2.45, 2.75) is 6.18 Å². The maximum Gasteiger partial charge on any atom is 0.417 e. The summed E-state index contributed by atoms with van der Waals surface area (Å²) in [6.45, 7) is 0. The number of carbonyl (C=O) groups excluding carboxylic acids is 1. The van der Waals surface area contributed by atoms with E-state index in [-0.39, 0.29) is 45.9 Å². The molecule has 4 rings (SSSR count). The zero-order valence-electron chi connectivity index (χ0n) is 15.5. The van der Waals surface area contributed by atoms with E-state index < -0.39 is 41.2 Å². The van der Waals surface area contributed by atoms with Crippen LogP contribution in [-0.4, -0.2) is 26.6 Å². The van der Waals surface area contributed by atoms with Crippen LogP contribution in [0.1, 0.15) is 21.5 Å². The molecule has 0 unspecified atom stereocenters. The molecule has 2 heterocycles. The quantitative estimate of drug-likeness (QED) is 0.215. The Hall–Kier alpha value is -2.80. The van der Waals surface area contributed by atoms with Gasteiger partial charge in [-0.1, -0.05) is 23.7 Å². The predicted molar refractivity (Wildman–Crippen MR) is 112 cm³/mol. The number of hydrogen-bond acceptors (Lipinski definition) is 4. The van der Waals surface area contributed by atoms with Gasteiger partial charge in [0, 0.05) is 17.3 Å². The zero-order chi connectivity index (χ0) is 23.2. The number of nitrogens with zero attached hydrogens (tertiary/aromatic N) is 3. The van der Waals surface area contributed by atoms with E-state index in [9.17, 15) is 30.1 Å². The van der Waals surface area contributed by atoms with Crippen molar-refractivity contribution in [2.24, 2.45) is 0 Å². The highest BCUT2D eigenvalue weighted by Crippen LogP contribution is 2.36. The minimum Gasteiger partial charge on any atom is -0.289 e. The van der Waals surface area contributed by atoms with E-state index in [4.69, 9.17) is 7.85 Å². The molecular formula is C19H8BF6N3OS2. The number of halogens is 6. The van der Waals surface area contributed by atoms with Crippen LogP contribution in [0, 0.1) is 5.82 Å². The van der Waals surface area contributed by atoms with Crippen LogP contribution >= 0.6 is 24.7 Å². The predicted octanol–water partition coefficient (Wildman–Crippen LogP) is 5.45. The summed E-state index contributed by atoms with van der Waals surface area (Å²) < 4.78 is 83.1. The molecule has 0 bridgehead atoms. The zero-order valence-corrected chi connectivity index (χ0v) is 17.2. The van der Waals surface area contributed by atoms with Gasteiger partial charge in [-0.05, 0) is 24.3 Å². The highest BCUT2D eigenvalue weighted by atomic mass is 32.2. The van der Waals surface area contributed by atoms with Crippen molar-refractivity contribution in [2.75, 3.05) is 0 Å². The van der Waals surface area contributed by atoms with E-state index in [1.807, 2.05) is 0 Å². The molecule has 2 aromatic heterocycles. The van der Waals surface area contributed by atoms with Gasteiger partial charge in [0.1, 0.15) is 19.2 Å². The molecule has 0 atom stereocenters. The van der Waals surface area contributed by atoms with Crippen molar-refractivity contribution in [1.29, 1.82) is 0 Å². The largest absolute Gasteiger partial charge is 0.417 e. The number of aromatic nitrogens is 3. The molecule has 0 saturated carbocycles. The summed E-state index contributed by atoms with van der Waals surface area (Å²) in [7, 11) is 5.59. The lowest BCUT2D eigenvalue weighted by molar-refractivity contribution is -0.137. The SMILES string of the molecule is [B]c1cc(F)c2nc(-c3cc(C(=O)c4ccccc4C(F)(F)F)cn3SF)n(SF)c2c1. The van der Waals surface area contributed by atoms with Crippen molar-refractivity contribution < 1.29 is 30.1 Å². The van der Waals surface area contributed by atoms with Crippen LogP contribution in [0.3, 0.4) is 0 Å². The highest BCUT2D eigenvalue weighted by Gasteiger charge is 2.35. The van der Waals surface area contributed by atoms with Crippen LogP contribution in [0.25, 0.3) is 22.6 Å². The molecule has 162 valence electrons. The van der Waals surface area contributed by atoms with Gasteiger partial charge >= 0.3 is 6.18 Å². The standard InChI is InChI=1S/C19H8BF6N3OS2/c20-10-6-13(21)16-14(7-10)29(32-26)18(27-16)15-5-9(8-28(15)31-25)17(30)11-3-1-2-4-12(11)19(22,23)24/h1-8H. The number of hydrogen-bond donors (Lipinski definition) is 0. The lowest BCUT2D eigenvalue weighted by Gasteiger charge is -2.10. The Bertz CT molecular complexity index is 1350. The second-order valence-electron chi connectivity index (χ2n) is 6.55. The number of alkyl halides is 3. The second-order valence-corrected chi connectivity index (χ2v) is 7.59. The van der Waals surface area contributed by atoms with Gasteiger partial charge in [-0.15, -0.1) is 7.77 Å². The van der Waals surface area contributed by atoms with Crippen molar-refractivity contribution >= 4 is 54.8 Å². The summed E-state index contributed by atoms with van der Waals surface area (Å²) in [4.78, 5) is 16.8. The van der Waals surface area contributed by atoms with Crippen LogP contribution in [0.15, 0.2) is 48.7 Å². The number of carbonyl (C=O) groups is 1. The molecule has 0 amide bonds. The van der Waals surface area contributed by atoms with Crippen LogP contribution in [-0.2, 0) is 6.18 Å². The van der Waals surface area contributed by atoms with Gasteiger partial charge < -0.3 is 0 Å². The fraction of sp³-hybridized carbons (Fsp3) is 0.0526. The Labute approximate surface area is 186 Å². The smallest absolute Gasteiger partial charge is 0.289 e. The number of ketones is 1. The van der Waals surface area contributed by atoms with E-state index in [1.54, 1.807) is 0 Å². The fourth-order valence-corrected chi connectivity index (χ4v) is 4.01. The molecule has 0 N–H and O–H groups in total. The monoisotopic (exact) mass is 483 g/mol. The second kappa shape index (κ2) is 8.28. The van der Waals surface area contributed by atoms with Crippen LogP contribution in [0.2, 0.25) is 0 Å². The number of benzene rings is 2. The molecule has 0 aliphatic rings. The molecular weight excluding hydrogens is 475 g/mol. The Balaban J connectivity index is 1.88. The van der Waals surface area contributed by atoms with Crippen LogP contribution in [0.4, 0.5) is 25.3 Å². The first-order valence-electron chi connectivity index (χ1n) is 8.65. The van der Waals surface area contributed by atoms with E-state index >= 15 is 0 Å². The van der Waals surface area contributed by atoms with Gasteiger partial charge in [0.2, 0.25) is 0 Å². The Kier molecular flexibility index (Phi) is 5.80. The van der Waals surface area contributed by atoms with Gasteiger partial charge in [-0.3, -0.25) is 8.77 Å². The van der Waals surface area contributed by atoms with Crippen molar-refractivity contribution in [1.82, 2.24) is 12.9 Å². The van der Waals surface area contributed by atoms with E-state index in [0.29, 0.717) is 0 Å². The van der Waals surface area contributed by atoms with Gasteiger partial charge in [-0.25, -0.2) is 13.3 Å². The van der Waals surface area contributed by atoms with Gasteiger partial charge in [0.25, 0.3) is 0 Å². The molecule has 4 nitrogen and oxygen atoms in total. The third kappa shape index (κ3) is 3.79. The van der Waals surface area contributed by atoms with Crippen LogP contribution in [0.5, 0.6) is 0 Å². The fourth-order valence-electron chi connectivity index (χ4n) is 3.24. The molecule has 4 aromatic rings. The van der Waals surface area contributed by atoms with E-state index in [2.05, 4.69) is 4.98 Å². The summed E-state index contributed by atoms with van der Waals surface area (Å²) in [5.41, 5.74) is -2.58. The molecule has 0 aliphatic heterocycles. The minimum absolute atomic E-state index is 0.00776. The molecule has 32 heavy (non-hydrogen) atoms. The lowest BCUT2D eigenvalue weighted by atomic mass is 9.96. The molecule has 2 aromatic carbocycles. The third-order valence-corrected chi connectivity index (χ3v) is 5.55. The van der Waals surface area contributed by atoms with Gasteiger partial charge in [-0.2, -0.15) is 13.2 Å². The third-order valence-electron chi connectivity index (χ3n) is 4.59. The average molecular weight is 483 g/mol. The summed E-state index contributed by atoms with van der Waals surface area (Å²) in [5.74, 6) is -2.15. The maximum atomic E-state index is 14.3. The first-order valence-corrected chi connectivity index (χ1v) is 9.99. The van der Waals surface area contributed by atoms with Crippen molar-refractivity contribution in [3.05, 3.63) is 71.2 Å². The average Bonchev–Trinajstić information content (AvgIpc) is 3.33. The minimum atomic E-state index is -4.79. The molecule has 0 spiro atoms. The number of fused-ring (bicyclic) bond motifs is 1. The number of imidazole rings is 1. The lowest BCUT2D eigenvalue weighted by Crippen LogP contribution is -2.13. The Morgan fingerprint density at radius 3 is 2.44 bits per heavy atom. The van der Waals surface area contributed by atoms with E-state index in [0.717, 1.165) is 44.5 Å². The van der Waals surface area contributed by atoms with Crippen molar-refractivity contribution in [3.63, 3.8) is 0 Å². The van der Waals surface area contributed by atoms with E-state index in [1.165, 1.54) is 12.1 Å². The normalized spacial score (nSPS) is 11.9. The maximum absolute atomic E-state index is 14.3. The first-order chi connectivity index (χ1) is 15.2. The summed E-state index contributed by atoms with van der Waals surface area (Å²) in [6, 6.07) is 7.42. The molecule has 0 saturated heterocycles. The molecule has 0 aliphatic carbocycles. The molecule has 0 fully saturated rings. The van der Waals surface area contributed by atoms with Gasteiger partial charge in [0.15, 0.2) is 36.3 Å². The Morgan fingerprint density at radius 2 is 1.78 bits per heavy atom. The van der Waals surface area contributed by atoms with Crippen molar-refractivity contribution in [3.8, 4) is 11.5 Å². The van der Waals surface area contributed by atoms with Gasteiger partial charge in [0.05, 0.1) is 16.8 Å². The highest BCUT2D eigenvalue weighted by molar-refractivity contribution is 7.93. The summed E-state index contributed by atoms with van der Waals surface area (Å²) >= 11 is -0.755. The summed E-state index contributed by atoms with van der Waals surface area (Å²) in [5, 5.41) is 0. The number of rotatable bonds is 5.